The predicted molar refractivity (Wildman–Crippen MR) is 108 cm³/mol. The number of aryl methyl sites for hydroxylation is 1. The van der Waals surface area contributed by atoms with Crippen molar-refractivity contribution in [2.24, 2.45) is 7.05 Å². The molecule has 0 bridgehead atoms. The van der Waals surface area contributed by atoms with Crippen LogP contribution < -0.4 is 5.56 Å². The number of hydrogen-bond acceptors (Lipinski definition) is 8. The number of nitrogens with zero attached hydrogens (tertiary/aromatic N) is 6. The summed E-state index contributed by atoms with van der Waals surface area (Å²) in [5.41, 5.74) is 0.828. The van der Waals surface area contributed by atoms with Crippen molar-refractivity contribution in [1.82, 2.24) is 29.3 Å². The number of aliphatic hydroxyl groups excluding tert-OH is 1. The average molecular weight is 464 g/mol. The monoisotopic (exact) mass is 464 g/mol. The molecule has 166 valence electrons. The molecule has 2 atom stereocenters. The fourth-order valence-electron chi connectivity index (χ4n) is 3.57. The van der Waals surface area contributed by atoms with Gasteiger partial charge in [0.25, 0.3) is 5.56 Å². The van der Waals surface area contributed by atoms with Gasteiger partial charge in [-0.2, -0.15) is 18.3 Å². The third-order valence-corrected chi connectivity index (χ3v) is 6.19. The number of rotatable bonds is 3. The fourth-order valence-corrected chi connectivity index (χ4v) is 4.32. The molecule has 1 aliphatic heterocycles. The first-order valence-corrected chi connectivity index (χ1v) is 10.2. The molecule has 0 aromatic carbocycles. The first-order chi connectivity index (χ1) is 15.2. The summed E-state index contributed by atoms with van der Waals surface area (Å²) in [6, 6.07) is 0.787. The summed E-state index contributed by atoms with van der Waals surface area (Å²) in [5, 5.41) is 13.4. The van der Waals surface area contributed by atoms with Gasteiger partial charge in [0.1, 0.15) is 17.3 Å². The maximum absolute atomic E-state index is 13.3. The van der Waals surface area contributed by atoms with Gasteiger partial charge in [0.2, 0.25) is 0 Å². The third-order valence-electron chi connectivity index (χ3n) is 5.13. The first kappa shape index (κ1) is 20.7. The smallest absolute Gasteiger partial charge is 0.388 e. The van der Waals surface area contributed by atoms with Crippen molar-refractivity contribution < 1.29 is 23.0 Å². The Bertz CT molecular complexity index is 1380. The van der Waals surface area contributed by atoms with Gasteiger partial charge in [0.15, 0.2) is 5.01 Å². The van der Waals surface area contributed by atoms with Crippen molar-refractivity contribution in [3.63, 3.8) is 0 Å². The molecule has 0 spiro atoms. The minimum absolute atomic E-state index is 0.0960. The number of thiazole rings is 1. The van der Waals surface area contributed by atoms with Crippen LogP contribution in [0.3, 0.4) is 0 Å². The van der Waals surface area contributed by atoms with Gasteiger partial charge in [0.05, 0.1) is 47.7 Å². The number of alkyl halides is 3. The van der Waals surface area contributed by atoms with Crippen LogP contribution in [0.1, 0.15) is 11.0 Å². The van der Waals surface area contributed by atoms with Crippen LogP contribution in [0.5, 0.6) is 0 Å². The standard InChI is InChI=1S/C19H15F3N6O3S/c1-27-5-9(3-25-27)15-16-10(17(30)28(8-24-16)12-6-31-7-13(12)29)2-11(26-15)14-4-23-18(32-14)19(20,21)22/h2-5,8,12-13,29H,6-7H2,1H3/t12-,13-/m1/s1. The zero-order valence-corrected chi connectivity index (χ0v) is 17.3. The fraction of sp³-hybridized carbons (Fsp3) is 0.316. The van der Waals surface area contributed by atoms with Crippen LogP contribution in [0, 0.1) is 0 Å². The van der Waals surface area contributed by atoms with Crippen molar-refractivity contribution >= 4 is 22.2 Å². The van der Waals surface area contributed by atoms with Crippen molar-refractivity contribution in [3.8, 4) is 21.8 Å². The molecule has 0 amide bonds. The summed E-state index contributed by atoms with van der Waals surface area (Å²) in [5.74, 6) is 0. The van der Waals surface area contributed by atoms with Crippen LogP contribution in [0.2, 0.25) is 0 Å². The summed E-state index contributed by atoms with van der Waals surface area (Å²) < 4.78 is 47.2. The molecule has 1 aliphatic rings. The van der Waals surface area contributed by atoms with E-state index in [0.717, 1.165) is 6.20 Å². The van der Waals surface area contributed by atoms with Crippen molar-refractivity contribution in [2.75, 3.05) is 13.2 Å². The van der Waals surface area contributed by atoms with Crippen LogP contribution in [0.4, 0.5) is 13.2 Å². The Morgan fingerprint density at radius 3 is 2.69 bits per heavy atom. The molecule has 9 nitrogen and oxygen atoms in total. The molecule has 0 radical (unpaired) electrons. The molecule has 5 heterocycles. The second kappa shape index (κ2) is 7.46. The lowest BCUT2D eigenvalue weighted by atomic mass is 10.1. The van der Waals surface area contributed by atoms with Gasteiger partial charge < -0.3 is 9.84 Å². The van der Waals surface area contributed by atoms with Gasteiger partial charge in [-0.25, -0.2) is 15.0 Å². The topological polar surface area (TPSA) is 108 Å². The maximum Gasteiger partial charge on any atom is 0.443 e. The molecule has 4 aromatic heterocycles. The van der Waals surface area contributed by atoms with Gasteiger partial charge in [0, 0.05) is 25.0 Å². The minimum atomic E-state index is -4.58. The zero-order valence-electron chi connectivity index (χ0n) is 16.4. The van der Waals surface area contributed by atoms with E-state index in [1.807, 2.05) is 0 Å². The molecular weight excluding hydrogens is 449 g/mol. The maximum atomic E-state index is 13.3. The predicted octanol–water partition coefficient (Wildman–Crippen LogP) is 2.27. The lowest BCUT2D eigenvalue weighted by molar-refractivity contribution is -0.137. The van der Waals surface area contributed by atoms with Gasteiger partial charge in [-0.15, -0.1) is 11.3 Å². The molecule has 0 aliphatic carbocycles. The van der Waals surface area contributed by atoms with E-state index in [4.69, 9.17) is 4.74 Å². The van der Waals surface area contributed by atoms with Crippen LogP contribution in [0.25, 0.3) is 32.7 Å². The Morgan fingerprint density at radius 2 is 2.06 bits per heavy atom. The Balaban J connectivity index is 1.75. The molecule has 1 fully saturated rings. The highest BCUT2D eigenvalue weighted by atomic mass is 32.1. The highest BCUT2D eigenvalue weighted by Crippen LogP contribution is 2.37. The summed E-state index contributed by atoms with van der Waals surface area (Å²) in [7, 11) is 1.70. The Labute approximate surface area is 181 Å². The number of aromatic nitrogens is 6. The van der Waals surface area contributed by atoms with Crippen molar-refractivity contribution in [2.45, 2.75) is 18.3 Å². The number of hydrogen-bond donors (Lipinski definition) is 1. The highest BCUT2D eigenvalue weighted by Gasteiger charge is 2.35. The van der Waals surface area contributed by atoms with E-state index in [2.05, 4.69) is 20.1 Å². The minimum Gasteiger partial charge on any atom is -0.388 e. The van der Waals surface area contributed by atoms with Crippen LogP contribution in [0.15, 0.2) is 35.8 Å². The van der Waals surface area contributed by atoms with Gasteiger partial charge in [-0.1, -0.05) is 0 Å². The normalized spacial score (nSPS) is 19.2. The zero-order chi connectivity index (χ0) is 22.6. The Hall–Kier alpha value is -3.16. The molecule has 13 heteroatoms. The van der Waals surface area contributed by atoms with E-state index in [-0.39, 0.29) is 34.7 Å². The van der Waals surface area contributed by atoms with Gasteiger partial charge in [-0.3, -0.25) is 14.0 Å². The molecule has 1 N–H and O–H groups in total. The molecule has 5 rings (SSSR count). The molecule has 32 heavy (non-hydrogen) atoms. The summed E-state index contributed by atoms with van der Waals surface area (Å²) in [4.78, 5) is 25.8. The number of fused-ring (bicyclic) bond motifs is 1. The van der Waals surface area contributed by atoms with Crippen LogP contribution >= 0.6 is 11.3 Å². The Morgan fingerprint density at radius 1 is 1.25 bits per heavy atom. The largest absolute Gasteiger partial charge is 0.443 e. The molecule has 4 aromatic rings. The number of halogens is 3. The van der Waals surface area contributed by atoms with E-state index in [1.165, 1.54) is 27.8 Å². The van der Waals surface area contributed by atoms with E-state index in [1.54, 1.807) is 13.2 Å². The summed E-state index contributed by atoms with van der Waals surface area (Å²) in [6.07, 6.45) is 0.143. The molecule has 0 unspecified atom stereocenters. The lowest BCUT2D eigenvalue weighted by Gasteiger charge is -2.16. The van der Waals surface area contributed by atoms with E-state index in [0.29, 0.717) is 22.6 Å². The highest BCUT2D eigenvalue weighted by molar-refractivity contribution is 7.15. The van der Waals surface area contributed by atoms with Crippen molar-refractivity contribution in [3.05, 3.63) is 46.3 Å². The quantitative estimate of drug-likeness (QED) is 0.496. The van der Waals surface area contributed by atoms with Crippen LogP contribution in [-0.2, 0) is 18.0 Å². The molecule has 0 saturated carbocycles. The molecule has 1 saturated heterocycles. The van der Waals surface area contributed by atoms with Gasteiger partial charge in [-0.05, 0) is 6.07 Å². The van der Waals surface area contributed by atoms with Gasteiger partial charge >= 0.3 is 6.18 Å². The van der Waals surface area contributed by atoms with E-state index < -0.39 is 28.9 Å². The molecular formula is C19H15F3N6O3S. The van der Waals surface area contributed by atoms with E-state index in [9.17, 15) is 23.1 Å². The lowest BCUT2D eigenvalue weighted by Crippen LogP contribution is -2.32. The summed E-state index contributed by atoms with van der Waals surface area (Å²) in [6.45, 7) is 0.240. The van der Waals surface area contributed by atoms with Crippen LogP contribution in [-0.4, -0.2) is 53.7 Å². The SMILES string of the molecule is Cn1cc(-c2nc(-c3cnc(C(F)(F)F)s3)cc3c(=O)n([C@@H]4COC[C@H]4O)cnc23)cn1. The second-order valence-electron chi connectivity index (χ2n) is 7.31. The number of aliphatic hydroxyl groups is 1. The third kappa shape index (κ3) is 3.47. The second-order valence-corrected chi connectivity index (χ2v) is 8.34. The average Bonchev–Trinajstić information content (AvgIpc) is 3.48. The summed E-state index contributed by atoms with van der Waals surface area (Å²) >= 11 is 0.438. The van der Waals surface area contributed by atoms with E-state index >= 15 is 0 Å². The van der Waals surface area contributed by atoms with Crippen molar-refractivity contribution in [1.29, 1.82) is 0 Å². The first-order valence-electron chi connectivity index (χ1n) is 9.42. The Kier molecular flexibility index (Phi) is 4.83. The number of pyridine rings is 1. The number of ether oxygens (including phenoxy) is 1.